The Kier molecular flexibility index (Phi) is 2.93. The molecule has 108 valence electrons. The van der Waals surface area contributed by atoms with Crippen LogP contribution in [0.25, 0.3) is 5.57 Å². The lowest BCUT2D eigenvalue weighted by Crippen LogP contribution is -2.29. The molecule has 22 heavy (non-hydrogen) atoms. The fourth-order valence-electron chi connectivity index (χ4n) is 3.49. The highest BCUT2D eigenvalue weighted by molar-refractivity contribution is 6.12. The first-order valence-electron chi connectivity index (χ1n) is 7.45. The van der Waals surface area contributed by atoms with Crippen LogP contribution in [0.4, 0.5) is 5.69 Å². The van der Waals surface area contributed by atoms with Gasteiger partial charge in [-0.3, -0.25) is 9.59 Å². The van der Waals surface area contributed by atoms with Crippen molar-refractivity contribution in [3.05, 3.63) is 71.3 Å². The topological polar surface area (TPSA) is 37.4 Å². The molecule has 4 rings (SSSR count). The first kappa shape index (κ1) is 13.0. The fourth-order valence-corrected chi connectivity index (χ4v) is 3.49. The van der Waals surface area contributed by atoms with Gasteiger partial charge in [0.1, 0.15) is 6.29 Å². The van der Waals surface area contributed by atoms with E-state index in [2.05, 4.69) is 0 Å². The maximum Gasteiger partial charge on any atom is 0.258 e. The van der Waals surface area contributed by atoms with Gasteiger partial charge in [0.25, 0.3) is 5.91 Å². The SMILES string of the molecule is O=CC1=CCC2CN(C(=O)c3ccccc3)c3cccc1c32. The zero-order valence-corrected chi connectivity index (χ0v) is 12.0. The van der Waals surface area contributed by atoms with Crippen LogP contribution in [0.5, 0.6) is 0 Å². The van der Waals surface area contributed by atoms with Crippen molar-refractivity contribution in [1.82, 2.24) is 0 Å². The van der Waals surface area contributed by atoms with Crippen molar-refractivity contribution in [3.63, 3.8) is 0 Å². The van der Waals surface area contributed by atoms with E-state index in [1.807, 2.05) is 59.5 Å². The predicted octanol–water partition coefficient (Wildman–Crippen LogP) is 3.42. The van der Waals surface area contributed by atoms with E-state index in [1.165, 1.54) is 0 Å². The quantitative estimate of drug-likeness (QED) is 0.794. The minimum atomic E-state index is 0.0241. The summed E-state index contributed by atoms with van der Waals surface area (Å²) in [5.41, 5.74) is 4.51. The van der Waals surface area contributed by atoms with E-state index in [0.29, 0.717) is 18.0 Å². The number of hydrogen-bond acceptors (Lipinski definition) is 2. The molecule has 1 unspecified atom stereocenters. The summed E-state index contributed by atoms with van der Waals surface area (Å²) in [6, 6.07) is 15.2. The lowest BCUT2D eigenvalue weighted by atomic mass is 9.84. The molecule has 1 amide bonds. The van der Waals surface area contributed by atoms with E-state index < -0.39 is 0 Å². The van der Waals surface area contributed by atoms with Gasteiger partial charge in [-0.05, 0) is 35.7 Å². The number of hydrogen-bond donors (Lipinski definition) is 0. The molecule has 1 aliphatic carbocycles. The summed E-state index contributed by atoms with van der Waals surface area (Å²) in [7, 11) is 0. The lowest BCUT2D eigenvalue weighted by Gasteiger charge is -2.18. The van der Waals surface area contributed by atoms with E-state index in [1.54, 1.807) is 0 Å². The Morgan fingerprint density at radius 1 is 1.09 bits per heavy atom. The molecule has 2 aromatic rings. The Bertz CT molecular complexity index is 792. The molecule has 1 aliphatic heterocycles. The second kappa shape index (κ2) is 4.95. The second-order valence-corrected chi connectivity index (χ2v) is 5.73. The van der Waals surface area contributed by atoms with Crippen LogP contribution in [0.3, 0.4) is 0 Å². The third-order valence-corrected chi connectivity index (χ3v) is 4.51. The van der Waals surface area contributed by atoms with Crippen molar-refractivity contribution in [3.8, 4) is 0 Å². The van der Waals surface area contributed by atoms with E-state index in [0.717, 1.165) is 35.1 Å². The molecule has 1 atom stereocenters. The number of amides is 1. The van der Waals surface area contributed by atoms with Gasteiger partial charge in [0.15, 0.2) is 0 Å². The van der Waals surface area contributed by atoms with Crippen LogP contribution in [0.1, 0.15) is 33.8 Å². The van der Waals surface area contributed by atoms with Crippen LogP contribution in [0.15, 0.2) is 54.6 Å². The third-order valence-electron chi connectivity index (χ3n) is 4.51. The van der Waals surface area contributed by atoms with E-state index in [-0.39, 0.29) is 5.91 Å². The van der Waals surface area contributed by atoms with Crippen molar-refractivity contribution < 1.29 is 9.59 Å². The number of rotatable bonds is 2. The minimum absolute atomic E-state index is 0.0241. The number of carbonyl (C=O) groups excluding carboxylic acids is 2. The molecule has 3 nitrogen and oxygen atoms in total. The normalized spacial score (nSPS) is 18.6. The van der Waals surface area contributed by atoms with Crippen LogP contribution in [0, 0.1) is 0 Å². The summed E-state index contributed by atoms with van der Waals surface area (Å²) in [6.07, 6.45) is 3.71. The Morgan fingerprint density at radius 2 is 1.91 bits per heavy atom. The maximum absolute atomic E-state index is 12.8. The van der Waals surface area contributed by atoms with Gasteiger partial charge >= 0.3 is 0 Å². The molecule has 0 radical (unpaired) electrons. The fraction of sp³-hybridized carbons (Fsp3) is 0.158. The minimum Gasteiger partial charge on any atom is -0.307 e. The number of carbonyl (C=O) groups is 2. The van der Waals surface area contributed by atoms with Gasteiger partial charge < -0.3 is 4.90 Å². The molecule has 0 aromatic heterocycles. The Labute approximate surface area is 128 Å². The van der Waals surface area contributed by atoms with Gasteiger partial charge in [-0.1, -0.05) is 36.4 Å². The monoisotopic (exact) mass is 289 g/mol. The van der Waals surface area contributed by atoms with Crippen molar-refractivity contribution in [2.75, 3.05) is 11.4 Å². The zero-order valence-electron chi connectivity index (χ0n) is 12.0. The number of nitrogens with zero attached hydrogens (tertiary/aromatic N) is 1. The molecule has 3 heteroatoms. The van der Waals surface area contributed by atoms with E-state index >= 15 is 0 Å². The number of allylic oxidation sites excluding steroid dienone is 2. The van der Waals surface area contributed by atoms with Crippen molar-refractivity contribution in [2.45, 2.75) is 12.3 Å². The van der Waals surface area contributed by atoms with E-state index in [4.69, 9.17) is 0 Å². The van der Waals surface area contributed by atoms with Crippen LogP contribution in [-0.4, -0.2) is 18.7 Å². The second-order valence-electron chi connectivity index (χ2n) is 5.73. The van der Waals surface area contributed by atoms with Gasteiger partial charge in [0, 0.05) is 29.3 Å². The molecule has 0 spiro atoms. The van der Waals surface area contributed by atoms with Crippen molar-refractivity contribution >= 4 is 23.5 Å². The molecule has 0 N–H and O–H groups in total. The number of benzene rings is 2. The Hall–Kier alpha value is -2.68. The average Bonchev–Trinajstić information content (AvgIpc) is 2.96. The molecule has 2 aromatic carbocycles. The predicted molar refractivity (Wildman–Crippen MR) is 86.0 cm³/mol. The highest BCUT2D eigenvalue weighted by Crippen LogP contribution is 2.45. The molecular formula is C19H15NO2. The van der Waals surface area contributed by atoms with Gasteiger partial charge in [0.05, 0.1) is 0 Å². The Morgan fingerprint density at radius 3 is 2.68 bits per heavy atom. The summed E-state index contributed by atoms with van der Waals surface area (Å²) in [4.78, 5) is 25.9. The lowest BCUT2D eigenvalue weighted by molar-refractivity contribution is -0.103. The van der Waals surface area contributed by atoms with Crippen LogP contribution < -0.4 is 4.90 Å². The third kappa shape index (κ3) is 1.82. The first-order chi connectivity index (χ1) is 10.8. The highest BCUT2D eigenvalue weighted by atomic mass is 16.2. The standard InChI is InChI=1S/C19H15NO2/c21-12-15-10-9-14-11-20(17-8-4-7-16(15)18(14)17)19(22)13-5-2-1-3-6-13/h1-8,10,12,14H,9,11H2. The number of aldehydes is 1. The van der Waals surface area contributed by atoms with E-state index in [9.17, 15) is 9.59 Å². The summed E-state index contributed by atoms with van der Waals surface area (Å²) >= 11 is 0. The highest BCUT2D eigenvalue weighted by Gasteiger charge is 2.36. The van der Waals surface area contributed by atoms with Gasteiger partial charge in [-0.25, -0.2) is 0 Å². The summed E-state index contributed by atoms with van der Waals surface area (Å²) in [5, 5.41) is 0. The van der Waals surface area contributed by atoms with Gasteiger partial charge in [0.2, 0.25) is 0 Å². The molecular weight excluding hydrogens is 274 g/mol. The summed E-state index contributed by atoms with van der Waals surface area (Å²) < 4.78 is 0. The number of anilines is 1. The molecule has 0 fully saturated rings. The maximum atomic E-state index is 12.8. The van der Waals surface area contributed by atoms with Crippen molar-refractivity contribution in [1.29, 1.82) is 0 Å². The largest absolute Gasteiger partial charge is 0.307 e. The van der Waals surface area contributed by atoms with Crippen LogP contribution in [0.2, 0.25) is 0 Å². The molecule has 2 aliphatic rings. The van der Waals surface area contributed by atoms with Crippen LogP contribution in [-0.2, 0) is 4.79 Å². The average molecular weight is 289 g/mol. The summed E-state index contributed by atoms with van der Waals surface area (Å²) in [5.74, 6) is 0.318. The van der Waals surface area contributed by atoms with Crippen LogP contribution >= 0.6 is 0 Å². The Balaban J connectivity index is 1.79. The van der Waals surface area contributed by atoms with Crippen molar-refractivity contribution in [2.24, 2.45) is 0 Å². The molecule has 0 saturated heterocycles. The molecule has 1 heterocycles. The summed E-state index contributed by atoms with van der Waals surface area (Å²) in [6.45, 7) is 0.683. The van der Waals surface area contributed by atoms with Gasteiger partial charge in [-0.15, -0.1) is 0 Å². The smallest absolute Gasteiger partial charge is 0.258 e. The van der Waals surface area contributed by atoms with Gasteiger partial charge in [-0.2, -0.15) is 0 Å². The first-order valence-corrected chi connectivity index (χ1v) is 7.45. The molecule has 0 bridgehead atoms. The molecule has 0 saturated carbocycles. The zero-order chi connectivity index (χ0) is 15.1.